The van der Waals surface area contributed by atoms with Crippen LogP contribution in [0.1, 0.15) is 73.9 Å². The maximum atomic E-state index is 13.2. The predicted molar refractivity (Wildman–Crippen MR) is 128 cm³/mol. The molecular weight excluding hydrogens is 428 g/mol. The maximum Gasteiger partial charge on any atom is 0.227 e. The van der Waals surface area contributed by atoms with Gasteiger partial charge in [0.2, 0.25) is 11.8 Å². The van der Waals surface area contributed by atoms with Crippen molar-refractivity contribution >= 4 is 11.8 Å². The number of ether oxygens (including phenoxy) is 1. The highest BCUT2D eigenvalue weighted by atomic mass is 16.5. The topological polar surface area (TPSA) is 67.7 Å². The summed E-state index contributed by atoms with van der Waals surface area (Å²) in [5, 5.41) is 5.21. The predicted octanol–water partition coefficient (Wildman–Crippen LogP) is 3.63. The van der Waals surface area contributed by atoms with Gasteiger partial charge in [-0.1, -0.05) is 31.0 Å². The van der Waals surface area contributed by atoms with Crippen LogP contribution in [0, 0.1) is 0 Å². The molecule has 3 aliphatic heterocycles. The van der Waals surface area contributed by atoms with Gasteiger partial charge in [0.25, 0.3) is 0 Å². The molecule has 2 fully saturated rings. The highest BCUT2D eigenvalue weighted by Crippen LogP contribution is 2.38. The first-order chi connectivity index (χ1) is 16.6. The van der Waals surface area contributed by atoms with Crippen molar-refractivity contribution in [3.05, 3.63) is 40.6 Å². The van der Waals surface area contributed by atoms with E-state index >= 15 is 0 Å². The van der Waals surface area contributed by atoms with E-state index in [4.69, 9.17) is 9.84 Å². The Morgan fingerprint density at radius 2 is 1.82 bits per heavy atom. The second-order valence-electron chi connectivity index (χ2n) is 10.3. The lowest BCUT2D eigenvalue weighted by Gasteiger charge is -2.34. The summed E-state index contributed by atoms with van der Waals surface area (Å²) in [6, 6.07) is 7.15. The number of nitrogens with zero attached hydrogens (tertiary/aromatic N) is 4. The van der Waals surface area contributed by atoms with Gasteiger partial charge in [-0.3, -0.25) is 14.3 Å². The average Bonchev–Trinajstić information content (AvgIpc) is 3.52. The Kier molecular flexibility index (Phi) is 5.68. The van der Waals surface area contributed by atoms with Crippen LogP contribution in [-0.4, -0.2) is 57.2 Å². The highest BCUT2D eigenvalue weighted by Gasteiger charge is 2.35. The monoisotopic (exact) mass is 462 g/mol. The van der Waals surface area contributed by atoms with Crippen LogP contribution in [-0.2, 0) is 40.3 Å². The third-order valence-corrected chi connectivity index (χ3v) is 8.35. The number of rotatable bonds is 3. The van der Waals surface area contributed by atoms with Gasteiger partial charge in [-0.05, 0) is 36.8 Å². The van der Waals surface area contributed by atoms with Gasteiger partial charge in [0.1, 0.15) is 0 Å². The van der Waals surface area contributed by atoms with Crippen LogP contribution >= 0.6 is 0 Å². The Hall–Kier alpha value is -2.67. The van der Waals surface area contributed by atoms with Crippen molar-refractivity contribution in [3.63, 3.8) is 0 Å². The van der Waals surface area contributed by atoms with Gasteiger partial charge in [-0.25, -0.2) is 0 Å². The lowest BCUT2D eigenvalue weighted by Crippen LogP contribution is -2.42. The van der Waals surface area contributed by atoms with Crippen LogP contribution in [0.4, 0.5) is 0 Å². The Balaban J connectivity index is 1.42. The van der Waals surface area contributed by atoms with E-state index in [-0.39, 0.29) is 11.8 Å². The minimum atomic E-state index is 0.105. The number of amides is 2. The molecule has 1 saturated heterocycles. The molecule has 2 aromatic rings. The molecule has 2 amide bonds. The van der Waals surface area contributed by atoms with E-state index in [0.717, 1.165) is 74.2 Å². The molecule has 6 rings (SSSR count). The molecule has 0 atom stereocenters. The van der Waals surface area contributed by atoms with Gasteiger partial charge in [0, 0.05) is 69.1 Å². The molecule has 0 unspecified atom stereocenters. The second-order valence-corrected chi connectivity index (χ2v) is 10.3. The summed E-state index contributed by atoms with van der Waals surface area (Å²) in [6.07, 6.45) is 7.90. The summed E-state index contributed by atoms with van der Waals surface area (Å²) in [7, 11) is 0. The van der Waals surface area contributed by atoms with Crippen LogP contribution in [0.15, 0.2) is 18.2 Å². The van der Waals surface area contributed by atoms with Gasteiger partial charge in [-0.2, -0.15) is 5.10 Å². The Bertz CT molecular complexity index is 1110. The molecule has 0 N–H and O–H groups in total. The minimum absolute atomic E-state index is 0.105. The molecule has 34 heavy (non-hydrogen) atoms. The molecule has 180 valence electrons. The molecule has 1 saturated carbocycles. The fraction of sp³-hybridized carbons (Fsp3) is 0.593. The quantitative estimate of drug-likeness (QED) is 0.699. The second kappa shape index (κ2) is 8.84. The Labute approximate surface area is 201 Å². The Morgan fingerprint density at radius 3 is 2.59 bits per heavy atom. The molecule has 1 aromatic heterocycles. The van der Waals surface area contributed by atoms with Gasteiger partial charge in [0.05, 0.1) is 18.2 Å². The first-order valence-corrected chi connectivity index (χ1v) is 12.9. The van der Waals surface area contributed by atoms with Gasteiger partial charge < -0.3 is 14.5 Å². The number of hydrogen-bond acceptors (Lipinski definition) is 4. The van der Waals surface area contributed by atoms with Crippen molar-refractivity contribution in [1.29, 1.82) is 0 Å². The van der Waals surface area contributed by atoms with Crippen molar-refractivity contribution in [2.75, 3.05) is 19.8 Å². The van der Waals surface area contributed by atoms with Crippen molar-refractivity contribution in [2.24, 2.45) is 0 Å². The normalized spacial score (nSPS) is 21.6. The largest absolute Gasteiger partial charge is 0.381 e. The molecule has 1 aliphatic carbocycles. The number of aromatic nitrogens is 2. The fourth-order valence-electron chi connectivity index (χ4n) is 6.45. The zero-order valence-electron chi connectivity index (χ0n) is 20.1. The zero-order valence-corrected chi connectivity index (χ0v) is 20.1. The number of hydrogen-bond donors (Lipinski definition) is 0. The summed E-state index contributed by atoms with van der Waals surface area (Å²) >= 11 is 0. The van der Waals surface area contributed by atoms with Crippen LogP contribution in [0.25, 0.3) is 11.3 Å². The molecule has 0 bridgehead atoms. The van der Waals surface area contributed by atoms with Crippen molar-refractivity contribution in [3.8, 4) is 11.3 Å². The smallest absolute Gasteiger partial charge is 0.227 e. The van der Waals surface area contributed by atoms with Crippen LogP contribution in [0.2, 0.25) is 0 Å². The summed E-state index contributed by atoms with van der Waals surface area (Å²) < 4.78 is 7.84. The lowest BCUT2D eigenvalue weighted by atomic mass is 9.89. The Morgan fingerprint density at radius 1 is 1.03 bits per heavy atom. The zero-order chi connectivity index (χ0) is 23.2. The SMILES string of the molecule is CC(=O)N1CCc2c(c(-c3cccc4c3CC(=O)N(C3CCCC3)C4)nn2C2CCOCC2)C1. The molecular formula is C27H34N4O3. The number of benzene rings is 1. The van der Waals surface area contributed by atoms with Crippen molar-refractivity contribution < 1.29 is 14.3 Å². The van der Waals surface area contributed by atoms with E-state index in [1.165, 1.54) is 24.1 Å². The third kappa shape index (κ3) is 3.74. The molecule has 4 aliphatic rings. The number of carbonyl (C=O) groups is 2. The van der Waals surface area contributed by atoms with Crippen molar-refractivity contribution in [2.45, 2.75) is 83.5 Å². The van der Waals surface area contributed by atoms with Crippen LogP contribution in [0.5, 0.6) is 0 Å². The first-order valence-electron chi connectivity index (χ1n) is 12.9. The molecule has 7 nitrogen and oxygen atoms in total. The summed E-state index contributed by atoms with van der Waals surface area (Å²) in [5.74, 6) is 0.350. The minimum Gasteiger partial charge on any atom is -0.381 e. The molecule has 4 heterocycles. The molecule has 0 spiro atoms. The summed E-state index contributed by atoms with van der Waals surface area (Å²) in [4.78, 5) is 29.5. The molecule has 1 aromatic carbocycles. The van der Waals surface area contributed by atoms with Crippen molar-refractivity contribution in [1.82, 2.24) is 19.6 Å². The van der Waals surface area contributed by atoms with E-state index in [2.05, 4.69) is 27.8 Å². The van der Waals surface area contributed by atoms with Gasteiger partial charge in [0.15, 0.2) is 0 Å². The van der Waals surface area contributed by atoms with Crippen LogP contribution < -0.4 is 0 Å². The maximum absolute atomic E-state index is 13.2. The van der Waals surface area contributed by atoms with E-state index < -0.39 is 0 Å². The lowest BCUT2D eigenvalue weighted by molar-refractivity contribution is -0.134. The van der Waals surface area contributed by atoms with E-state index in [9.17, 15) is 9.59 Å². The average molecular weight is 463 g/mol. The van der Waals surface area contributed by atoms with Gasteiger partial charge in [-0.15, -0.1) is 0 Å². The van der Waals surface area contributed by atoms with E-state index in [1.807, 2.05) is 4.90 Å². The third-order valence-electron chi connectivity index (χ3n) is 8.35. The number of fused-ring (bicyclic) bond motifs is 2. The molecule has 0 radical (unpaired) electrons. The first kappa shape index (κ1) is 21.8. The van der Waals surface area contributed by atoms with E-state index in [0.29, 0.717) is 31.6 Å². The van der Waals surface area contributed by atoms with Gasteiger partial charge >= 0.3 is 0 Å². The fourth-order valence-corrected chi connectivity index (χ4v) is 6.45. The van der Waals surface area contributed by atoms with Crippen LogP contribution in [0.3, 0.4) is 0 Å². The highest BCUT2D eigenvalue weighted by molar-refractivity contribution is 5.85. The molecule has 7 heteroatoms. The standard InChI is InChI=1S/C27H34N4O3/c1-18(32)29-12-9-25-24(17-29)27(28-31(25)21-10-13-34-14-11-21)22-8-4-5-19-16-30(20-6-2-3-7-20)26(33)15-23(19)22/h4-5,8,20-21H,2-3,6-7,9-17H2,1H3. The summed E-state index contributed by atoms with van der Waals surface area (Å²) in [6.45, 7) is 5.21. The summed E-state index contributed by atoms with van der Waals surface area (Å²) in [5.41, 5.74) is 6.83. The van der Waals surface area contributed by atoms with E-state index in [1.54, 1.807) is 6.92 Å². The number of carbonyl (C=O) groups excluding carboxylic acids is 2.